The average molecular weight is 239 g/mol. The molecule has 0 radical (unpaired) electrons. The summed E-state index contributed by atoms with van der Waals surface area (Å²) in [6.45, 7) is 0. The van der Waals surface area contributed by atoms with Crippen LogP contribution in [0.3, 0.4) is 0 Å². The first-order chi connectivity index (χ1) is 7.65. The largest absolute Gasteiger partial charge is 0.453 e. The van der Waals surface area contributed by atoms with Crippen molar-refractivity contribution >= 4 is 17.3 Å². The van der Waals surface area contributed by atoms with Gasteiger partial charge in [0, 0.05) is 24.0 Å². The van der Waals surface area contributed by atoms with Crippen LogP contribution in [-0.4, -0.2) is 4.98 Å². The summed E-state index contributed by atoms with van der Waals surface area (Å²) < 4.78 is 18.6. The van der Waals surface area contributed by atoms with Gasteiger partial charge in [-0.05, 0) is 12.1 Å². The number of ether oxygens (including phenoxy) is 1. The van der Waals surface area contributed by atoms with E-state index < -0.39 is 5.82 Å². The molecule has 0 saturated heterocycles. The molecule has 5 heteroatoms. The van der Waals surface area contributed by atoms with E-state index in [1.165, 1.54) is 24.5 Å². The van der Waals surface area contributed by atoms with Crippen LogP contribution >= 0.6 is 11.6 Å². The lowest BCUT2D eigenvalue weighted by Crippen LogP contribution is -1.91. The van der Waals surface area contributed by atoms with Crippen LogP contribution in [0, 0.1) is 5.82 Å². The molecule has 1 heterocycles. The molecule has 0 unspecified atom stereocenters. The molecule has 2 aromatic rings. The number of benzene rings is 1. The highest BCUT2D eigenvalue weighted by Crippen LogP contribution is 2.26. The standard InChI is InChI=1S/C11H8ClFN2O/c12-7-3-9(6-15-5-7)16-11-2-1-8(14)4-10(11)13/h1-6H,14H2. The van der Waals surface area contributed by atoms with Crippen molar-refractivity contribution in [1.82, 2.24) is 4.98 Å². The maximum absolute atomic E-state index is 13.4. The molecule has 0 atom stereocenters. The highest BCUT2D eigenvalue weighted by Gasteiger charge is 2.05. The van der Waals surface area contributed by atoms with Crippen molar-refractivity contribution < 1.29 is 9.13 Å². The molecule has 2 N–H and O–H groups in total. The Kier molecular flexibility index (Phi) is 2.92. The highest BCUT2D eigenvalue weighted by molar-refractivity contribution is 6.30. The molecule has 0 aliphatic carbocycles. The molecule has 1 aromatic heterocycles. The van der Waals surface area contributed by atoms with E-state index in [1.807, 2.05) is 0 Å². The lowest BCUT2D eigenvalue weighted by Gasteiger charge is -2.06. The zero-order valence-electron chi connectivity index (χ0n) is 8.15. The van der Waals surface area contributed by atoms with Crippen LogP contribution in [0.1, 0.15) is 0 Å². The fourth-order valence-corrected chi connectivity index (χ4v) is 1.34. The normalized spacial score (nSPS) is 10.1. The van der Waals surface area contributed by atoms with Crippen LogP contribution in [-0.2, 0) is 0 Å². The quantitative estimate of drug-likeness (QED) is 0.817. The van der Waals surface area contributed by atoms with E-state index in [1.54, 1.807) is 12.1 Å². The Morgan fingerprint density at radius 2 is 2.06 bits per heavy atom. The maximum Gasteiger partial charge on any atom is 0.167 e. The summed E-state index contributed by atoms with van der Waals surface area (Å²) in [4.78, 5) is 3.82. The third-order valence-corrected chi connectivity index (χ3v) is 2.07. The molecular formula is C11H8ClFN2O. The maximum atomic E-state index is 13.4. The number of anilines is 1. The Labute approximate surface area is 96.6 Å². The zero-order chi connectivity index (χ0) is 11.5. The number of halogens is 2. The summed E-state index contributed by atoms with van der Waals surface area (Å²) in [6, 6.07) is 5.74. The third-order valence-electron chi connectivity index (χ3n) is 1.86. The summed E-state index contributed by atoms with van der Waals surface area (Å²) in [5, 5.41) is 0.424. The Morgan fingerprint density at radius 1 is 1.25 bits per heavy atom. The molecular weight excluding hydrogens is 231 g/mol. The van der Waals surface area contributed by atoms with Crippen molar-refractivity contribution in [2.75, 3.05) is 5.73 Å². The number of nitrogens with zero attached hydrogens (tertiary/aromatic N) is 1. The number of rotatable bonds is 2. The minimum atomic E-state index is -0.528. The van der Waals surface area contributed by atoms with Gasteiger partial charge in [-0.15, -0.1) is 0 Å². The van der Waals surface area contributed by atoms with Gasteiger partial charge in [0.2, 0.25) is 0 Å². The smallest absolute Gasteiger partial charge is 0.167 e. The molecule has 0 aliphatic rings. The minimum Gasteiger partial charge on any atom is -0.453 e. The highest BCUT2D eigenvalue weighted by atomic mass is 35.5. The summed E-state index contributed by atoms with van der Waals surface area (Å²) in [5.74, 6) is -0.0746. The number of hydrogen-bond acceptors (Lipinski definition) is 3. The van der Waals surface area contributed by atoms with Gasteiger partial charge in [-0.2, -0.15) is 0 Å². The first kappa shape index (κ1) is 10.7. The molecule has 0 fully saturated rings. The van der Waals surface area contributed by atoms with Crippen LogP contribution in [0.2, 0.25) is 5.02 Å². The molecule has 1 aromatic carbocycles. The number of hydrogen-bond donors (Lipinski definition) is 1. The van der Waals surface area contributed by atoms with Gasteiger partial charge < -0.3 is 10.5 Å². The Bertz CT molecular complexity index is 519. The summed E-state index contributed by atoms with van der Waals surface area (Å²) >= 11 is 5.72. The third kappa shape index (κ3) is 2.41. The van der Waals surface area contributed by atoms with Gasteiger partial charge in [-0.25, -0.2) is 4.39 Å². The lowest BCUT2D eigenvalue weighted by atomic mass is 10.3. The first-order valence-electron chi connectivity index (χ1n) is 4.48. The molecule has 0 aliphatic heterocycles. The van der Waals surface area contributed by atoms with Crippen molar-refractivity contribution in [2.45, 2.75) is 0 Å². The predicted octanol–water partition coefficient (Wildman–Crippen LogP) is 3.25. The molecule has 3 nitrogen and oxygen atoms in total. The summed E-state index contributed by atoms with van der Waals surface area (Å²) in [7, 11) is 0. The van der Waals surface area contributed by atoms with Gasteiger partial charge in [0.1, 0.15) is 5.75 Å². The Balaban J connectivity index is 2.27. The molecule has 2 rings (SSSR count). The van der Waals surface area contributed by atoms with E-state index in [2.05, 4.69) is 4.98 Å². The van der Waals surface area contributed by atoms with E-state index >= 15 is 0 Å². The molecule has 0 bridgehead atoms. The SMILES string of the molecule is Nc1ccc(Oc2cncc(Cl)c2)c(F)c1. The topological polar surface area (TPSA) is 48.1 Å². The van der Waals surface area contributed by atoms with E-state index in [-0.39, 0.29) is 5.75 Å². The van der Waals surface area contributed by atoms with Gasteiger partial charge >= 0.3 is 0 Å². The molecule has 82 valence electrons. The lowest BCUT2D eigenvalue weighted by molar-refractivity contribution is 0.441. The van der Waals surface area contributed by atoms with Crippen molar-refractivity contribution in [3.05, 3.63) is 47.5 Å². The molecule has 0 amide bonds. The van der Waals surface area contributed by atoms with Crippen LogP contribution in [0.15, 0.2) is 36.7 Å². The van der Waals surface area contributed by atoms with Gasteiger partial charge in [-0.1, -0.05) is 11.6 Å². The van der Waals surface area contributed by atoms with Gasteiger partial charge in [0.25, 0.3) is 0 Å². The fraction of sp³-hybridized carbons (Fsp3) is 0. The van der Waals surface area contributed by atoms with Crippen LogP contribution in [0.4, 0.5) is 10.1 Å². The summed E-state index contributed by atoms with van der Waals surface area (Å²) in [6.07, 6.45) is 2.91. The van der Waals surface area contributed by atoms with Crippen LogP contribution in [0.25, 0.3) is 0 Å². The Hall–Kier alpha value is -1.81. The van der Waals surface area contributed by atoms with Crippen molar-refractivity contribution in [3.8, 4) is 11.5 Å². The van der Waals surface area contributed by atoms with Crippen molar-refractivity contribution in [1.29, 1.82) is 0 Å². The van der Waals surface area contributed by atoms with Crippen LogP contribution in [0.5, 0.6) is 11.5 Å². The van der Waals surface area contributed by atoms with Gasteiger partial charge in [0.05, 0.1) is 11.2 Å². The molecule has 16 heavy (non-hydrogen) atoms. The van der Waals surface area contributed by atoms with E-state index in [9.17, 15) is 4.39 Å². The van der Waals surface area contributed by atoms with E-state index in [0.717, 1.165) is 0 Å². The van der Waals surface area contributed by atoms with Crippen molar-refractivity contribution in [2.24, 2.45) is 0 Å². The van der Waals surface area contributed by atoms with Gasteiger partial charge in [0.15, 0.2) is 11.6 Å². The second-order valence-electron chi connectivity index (χ2n) is 3.13. The number of pyridine rings is 1. The first-order valence-corrected chi connectivity index (χ1v) is 4.86. The fourth-order valence-electron chi connectivity index (χ4n) is 1.18. The van der Waals surface area contributed by atoms with Gasteiger partial charge in [-0.3, -0.25) is 4.98 Å². The van der Waals surface area contributed by atoms with E-state index in [0.29, 0.717) is 16.5 Å². The summed E-state index contributed by atoms with van der Waals surface area (Å²) in [5.41, 5.74) is 5.76. The zero-order valence-corrected chi connectivity index (χ0v) is 8.91. The minimum absolute atomic E-state index is 0.0817. The number of aromatic nitrogens is 1. The van der Waals surface area contributed by atoms with E-state index in [4.69, 9.17) is 22.1 Å². The number of nitrogens with two attached hydrogens (primary N) is 1. The molecule has 0 saturated carbocycles. The monoisotopic (exact) mass is 238 g/mol. The second kappa shape index (κ2) is 4.37. The number of nitrogen functional groups attached to an aromatic ring is 1. The van der Waals surface area contributed by atoms with Crippen LogP contribution < -0.4 is 10.5 Å². The van der Waals surface area contributed by atoms with Crippen molar-refractivity contribution in [3.63, 3.8) is 0 Å². The molecule has 0 spiro atoms. The predicted molar refractivity (Wildman–Crippen MR) is 60.1 cm³/mol. The average Bonchev–Trinajstić information content (AvgIpc) is 2.22. The Morgan fingerprint density at radius 3 is 2.75 bits per heavy atom. The second-order valence-corrected chi connectivity index (χ2v) is 3.57.